The number of hydrogen-bond donors (Lipinski definition) is 0. The lowest BCUT2D eigenvalue weighted by Gasteiger charge is -2.43. The topological polar surface area (TPSA) is 103 Å². The third-order valence-electron chi connectivity index (χ3n) is 10.7. The second-order valence-electron chi connectivity index (χ2n) is 20.2. The van der Waals surface area contributed by atoms with Crippen LogP contribution in [-0.4, -0.2) is 98.1 Å². The van der Waals surface area contributed by atoms with Gasteiger partial charge in [0.2, 0.25) is 0 Å². The Bertz CT molecular complexity index is 1860. The minimum Gasteiger partial charge on any atom is -0.494 e. The van der Waals surface area contributed by atoms with Gasteiger partial charge in [-0.25, -0.2) is 4.79 Å². The highest BCUT2D eigenvalue weighted by molar-refractivity contribution is 6.76. The molecule has 5 rings (SSSR count). The zero-order chi connectivity index (χ0) is 46.7. The molecule has 0 aliphatic carbocycles. The summed E-state index contributed by atoms with van der Waals surface area (Å²) >= 11 is 0. The Labute approximate surface area is 391 Å². The molecule has 65 heavy (non-hydrogen) atoms. The first-order valence-electron chi connectivity index (χ1n) is 23.1. The van der Waals surface area contributed by atoms with Gasteiger partial charge in [-0.15, -0.1) is 0 Å². The summed E-state index contributed by atoms with van der Waals surface area (Å²) < 4.78 is 54.7. The first kappa shape index (κ1) is 51.8. The minimum absolute atomic E-state index is 0.213. The van der Waals surface area contributed by atoms with Crippen LogP contribution in [0.15, 0.2) is 103 Å². The first-order chi connectivity index (χ1) is 31.0. The van der Waals surface area contributed by atoms with Gasteiger partial charge in [0.15, 0.2) is 13.6 Å². The van der Waals surface area contributed by atoms with E-state index in [4.69, 9.17) is 42.6 Å². The molecule has 1 saturated heterocycles. The average molecular weight is 930 g/mol. The third-order valence-corrected chi connectivity index (χ3v) is 14.1. The first-order valence-corrected chi connectivity index (χ1v) is 30.6. The lowest BCUT2D eigenvalue weighted by molar-refractivity contribution is -0.100. The van der Waals surface area contributed by atoms with Gasteiger partial charge in [0, 0.05) is 41.7 Å². The van der Waals surface area contributed by atoms with Gasteiger partial charge >= 0.3 is 6.09 Å². The molecule has 1 aliphatic rings. The Morgan fingerprint density at radius 1 is 0.554 bits per heavy atom. The predicted octanol–water partition coefficient (Wildman–Crippen LogP) is 11.6. The molecule has 4 aromatic rings. The number of carbonyl (C=O) groups excluding carboxylic acids is 1. The summed E-state index contributed by atoms with van der Waals surface area (Å²) in [7, 11) is -2.34. The summed E-state index contributed by atoms with van der Waals surface area (Å²) in [5.74, 6) is 2.01. The molecule has 1 heterocycles. The van der Waals surface area contributed by atoms with Crippen LogP contribution in [0.5, 0.6) is 17.2 Å². The van der Waals surface area contributed by atoms with Crippen molar-refractivity contribution >= 4 is 22.2 Å². The monoisotopic (exact) mass is 929 g/mol. The summed E-state index contributed by atoms with van der Waals surface area (Å²) in [6.07, 6.45) is -0.496. The molecule has 0 spiro atoms. The molecule has 11 nitrogen and oxygen atoms in total. The van der Waals surface area contributed by atoms with Gasteiger partial charge in [-0.05, 0) is 91.5 Å². The van der Waals surface area contributed by atoms with E-state index in [-0.39, 0.29) is 19.5 Å². The quantitative estimate of drug-likeness (QED) is 0.0343. The average Bonchev–Trinajstić information content (AvgIpc) is 3.26. The SMILES string of the molecule is CC(C)(C)OC(=O)N1C[C@H](OCc2ccc(OCOCC[Si](C)(C)C)cc2)C(c2ccc(OCCCOCc3ccccc3)cc2)[C@H](OCc2ccc(OCOCC[Si](C)(C)C)cc2)C1. The molecule has 3 atom stereocenters. The highest BCUT2D eigenvalue weighted by atomic mass is 28.3. The molecule has 0 radical (unpaired) electrons. The van der Waals surface area contributed by atoms with Crippen molar-refractivity contribution < 1.29 is 47.4 Å². The zero-order valence-electron chi connectivity index (χ0n) is 40.5. The van der Waals surface area contributed by atoms with Gasteiger partial charge in [-0.2, -0.15) is 0 Å². The molecular formula is C52H75NO10Si2. The van der Waals surface area contributed by atoms with Crippen LogP contribution in [0, 0.1) is 0 Å². The molecule has 0 saturated carbocycles. The van der Waals surface area contributed by atoms with Crippen LogP contribution in [0.25, 0.3) is 0 Å². The summed E-state index contributed by atoms with van der Waals surface area (Å²) in [6.45, 7) is 24.4. The number of carbonyl (C=O) groups is 1. The van der Waals surface area contributed by atoms with Crippen LogP contribution in [0.1, 0.15) is 55.4 Å². The van der Waals surface area contributed by atoms with E-state index < -0.39 is 40.0 Å². The molecule has 13 heteroatoms. The molecule has 1 aliphatic heterocycles. The Morgan fingerprint density at radius 2 is 1.02 bits per heavy atom. The maximum atomic E-state index is 13.7. The van der Waals surface area contributed by atoms with E-state index in [2.05, 4.69) is 63.5 Å². The fourth-order valence-electron chi connectivity index (χ4n) is 6.96. The smallest absolute Gasteiger partial charge is 0.410 e. The van der Waals surface area contributed by atoms with Crippen LogP contribution in [-0.2, 0) is 48.2 Å². The van der Waals surface area contributed by atoms with Gasteiger partial charge in [0.05, 0.1) is 58.3 Å². The van der Waals surface area contributed by atoms with Crippen LogP contribution in [0.3, 0.4) is 0 Å². The van der Waals surface area contributed by atoms with Gasteiger partial charge < -0.3 is 47.5 Å². The third kappa shape index (κ3) is 20.0. The van der Waals surface area contributed by atoms with Gasteiger partial charge in [0.1, 0.15) is 22.8 Å². The molecule has 4 aromatic carbocycles. The Balaban J connectivity index is 1.28. The normalized spacial score (nSPS) is 16.9. The van der Waals surface area contributed by atoms with E-state index in [1.165, 1.54) is 0 Å². The molecule has 0 N–H and O–H groups in total. The highest BCUT2D eigenvalue weighted by Gasteiger charge is 2.42. The molecular weight excluding hydrogens is 855 g/mol. The van der Waals surface area contributed by atoms with Gasteiger partial charge in [0.25, 0.3) is 0 Å². The summed E-state index contributed by atoms with van der Waals surface area (Å²) in [4.78, 5) is 15.4. The Kier molecular flexibility index (Phi) is 20.4. The van der Waals surface area contributed by atoms with Crippen molar-refractivity contribution in [3.8, 4) is 17.2 Å². The number of rotatable bonds is 26. The Hall–Kier alpha value is -4.22. The molecule has 1 unspecified atom stereocenters. The van der Waals surface area contributed by atoms with E-state index in [0.717, 1.165) is 58.0 Å². The van der Waals surface area contributed by atoms with Crippen molar-refractivity contribution in [2.75, 3.05) is 53.1 Å². The van der Waals surface area contributed by atoms with Crippen LogP contribution >= 0.6 is 0 Å². The van der Waals surface area contributed by atoms with Crippen molar-refractivity contribution in [2.24, 2.45) is 0 Å². The lowest BCUT2D eigenvalue weighted by atomic mass is 9.84. The minimum atomic E-state index is -1.17. The lowest BCUT2D eigenvalue weighted by Crippen LogP contribution is -2.55. The maximum Gasteiger partial charge on any atom is 0.410 e. The van der Waals surface area contributed by atoms with Crippen LogP contribution < -0.4 is 14.2 Å². The predicted molar refractivity (Wildman–Crippen MR) is 262 cm³/mol. The van der Waals surface area contributed by atoms with Crippen molar-refractivity contribution in [1.29, 1.82) is 0 Å². The number of benzene rings is 4. The van der Waals surface area contributed by atoms with E-state index in [9.17, 15) is 4.79 Å². The van der Waals surface area contributed by atoms with Crippen molar-refractivity contribution in [3.05, 3.63) is 125 Å². The van der Waals surface area contributed by atoms with Crippen molar-refractivity contribution in [3.63, 3.8) is 0 Å². The summed E-state index contributed by atoms with van der Waals surface area (Å²) in [5.41, 5.74) is 3.46. The number of nitrogens with zero attached hydrogens (tertiary/aromatic N) is 1. The van der Waals surface area contributed by atoms with E-state index in [1.54, 1.807) is 4.90 Å². The van der Waals surface area contributed by atoms with Crippen molar-refractivity contribution in [1.82, 2.24) is 4.90 Å². The molecule has 356 valence electrons. The molecule has 1 amide bonds. The second kappa shape index (κ2) is 25.6. The number of piperidine rings is 1. The van der Waals surface area contributed by atoms with Gasteiger partial charge in [-0.3, -0.25) is 0 Å². The fourth-order valence-corrected chi connectivity index (χ4v) is 8.47. The number of amides is 1. The van der Waals surface area contributed by atoms with Crippen molar-refractivity contribution in [2.45, 2.75) is 122 Å². The number of hydrogen-bond acceptors (Lipinski definition) is 10. The van der Waals surface area contributed by atoms with E-state index in [1.807, 2.05) is 99.6 Å². The van der Waals surface area contributed by atoms with Crippen LogP contribution in [0.4, 0.5) is 4.79 Å². The highest BCUT2D eigenvalue weighted by Crippen LogP contribution is 2.36. The Morgan fingerprint density at radius 3 is 1.49 bits per heavy atom. The maximum absolute atomic E-state index is 13.7. The second-order valence-corrected chi connectivity index (χ2v) is 31.4. The fraction of sp³-hybridized carbons (Fsp3) is 0.519. The van der Waals surface area contributed by atoms with E-state index in [0.29, 0.717) is 59.3 Å². The number of likely N-dealkylation sites (tertiary alicyclic amines) is 1. The molecule has 0 bridgehead atoms. The molecule has 1 fully saturated rings. The van der Waals surface area contributed by atoms with E-state index >= 15 is 0 Å². The van der Waals surface area contributed by atoms with Crippen LogP contribution in [0.2, 0.25) is 51.4 Å². The van der Waals surface area contributed by atoms with Gasteiger partial charge in [-0.1, -0.05) is 106 Å². The summed E-state index contributed by atoms with van der Waals surface area (Å²) in [6, 6.07) is 36.2. The standard InChI is InChI=1S/C52H75NO10Si2/c1-52(2,3)63-51(54)53-34-48(59-37-42-16-22-46(23-17-42)61-39-56-30-32-64(4,5)6)50(44-20-26-45(27-21-44)58-29-13-28-55-36-41-14-11-10-12-15-41)49(35-53)60-38-43-18-24-47(25-19-43)62-40-57-31-33-65(7,8)9/h10-12,14-27,48-50H,13,28-40H2,1-9H3/t48-,49+,50?. The number of ether oxygens (including phenoxy) is 9. The summed E-state index contributed by atoms with van der Waals surface area (Å²) in [5, 5.41) is 0. The molecule has 0 aromatic heterocycles. The largest absolute Gasteiger partial charge is 0.494 e. The zero-order valence-corrected chi connectivity index (χ0v) is 42.5.